The quantitative estimate of drug-likeness (QED) is 0.828. The minimum absolute atomic E-state index is 0.206. The lowest BCUT2D eigenvalue weighted by Crippen LogP contribution is -2.40. The Morgan fingerprint density at radius 3 is 2.33 bits per heavy atom. The zero-order valence-corrected chi connectivity index (χ0v) is 12.2. The van der Waals surface area contributed by atoms with Gasteiger partial charge in [-0.15, -0.1) is 0 Å². The van der Waals surface area contributed by atoms with Crippen LogP contribution in [0.5, 0.6) is 0 Å². The van der Waals surface area contributed by atoms with Gasteiger partial charge in [0.2, 0.25) is 0 Å². The highest BCUT2D eigenvalue weighted by atomic mass is 35.5. The molecule has 102 valence electrons. The van der Waals surface area contributed by atoms with Gasteiger partial charge >= 0.3 is 0 Å². The van der Waals surface area contributed by atoms with E-state index in [2.05, 4.69) is 18.7 Å². The van der Waals surface area contributed by atoms with Crippen LogP contribution in [0, 0.1) is 0 Å². The van der Waals surface area contributed by atoms with Gasteiger partial charge < -0.3 is 10.5 Å². The van der Waals surface area contributed by atoms with Gasteiger partial charge in [-0.1, -0.05) is 23.7 Å². The first-order valence-corrected chi connectivity index (χ1v) is 6.68. The topological polar surface area (TPSA) is 38.5 Å². The van der Waals surface area contributed by atoms with E-state index < -0.39 is 0 Å². The first kappa shape index (κ1) is 15.4. The Hall–Kier alpha value is -0.610. The van der Waals surface area contributed by atoms with Crippen molar-refractivity contribution < 1.29 is 4.74 Å². The predicted molar refractivity (Wildman–Crippen MR) is 77.0 cm³/mol. The minimum Gasteiger partial charge on any atom is -0.383 e. The monoisotopic (exact) mass is 270 g/mol. The van der Waals surface area contributed by atoms with Crippen molar-refractivity contribution in [3.05, 3.63) is 34.9 Å². The smallest absolute Gasteiger partial charge is 0.0590 e. The first-order chi connectivity index (χ1) is 8.60. The third-order valence-corrected chi connectivity index (χ3v) is 3.35. The fourth-order valence-corrected chi connectivity index (χ4v) is 2.24. The van der Waals surface area contributed by atoms with Gasteiger partial charge in [-0.3, -0.25) is 4.90 Å². The molecule has 1 rings (SSSR count). The number of ether oxygens (including phenoxy) is 1. The van der Waals surface area contributed by atoms with Gasteiger partial charge in [-0.25, -0.2) is 0 Å². The summed E-state index contributed by atoms with van der Waals surface area (Å²) >= 11 is 5.92. The highest BCUT2D eigenvalue weighted by Crippen LogP contribution is 2.23. The molecule has 0 aliphatic rings. The van der Waals surface area contributed by atoms with E-state index in [4.69, 9.17) is 22.1 Å². The SMILES string of the molecule is COCCN(C(C)C)C(CN)c1ccc(Cl)cc1. The van der Waals surface area contributed by atoms with Gasteiger partial charge in [0.1, 0.15) is 0 Å². The van der Waals surface area contributed by atoms with Crippen LogP contribution in [0.4, 0.5) is 0 Å². The Bertz CT molecular complexity index is 340. The van der Waals surface area contributed by atoms with Crippen LogP contribution in [0.1, 0.15) is 25.5 Å². The van der Waals surface area contributed by atoms with Crippen molar-refractivity contribution >= 4 is 11.6 Å². The summed E-state index contributed by atoms with van der Waals surface area (Å²) in [6.45, 7) is 6.52. The molecule has 1 unspecified atom stereocenters. The molecule has 0 amide bonds. The standard InChI is InChI=1S/C14H23ClN2O/c1-11(2)17(8-9-18-3)14(10-16)12-4-6-13(15)7-5-12/h4-7,11,14H,8-10,16H2,1-3H3. The van der Waals surface area contributed by atoms with Crippen LogP contribution >= 0.6 is 11.6 Å². The lowest BCUT2D eigenvalue weighted by molar-refractivity contribution is 0.0979. The van der Waals surface area contributed by atoms with E-state index in [1.54, 1.807) is 7.11 Å². The van der Waals surface area contributed by atoms with Crippen LogP contribution in [0.3, 0.4) is 0 Å². The number of rotatable bonds is 7. The van der Waals surface area contributed by atoms with Crippen molar-refractivity contribution in [3.8, 4) is 0 Å². The maximum absolute atomic E-state index is 5.94. The summed E-state index contributed by atoms with van der Waals surface area (Å²) in [7, 11) is 1.72. The van der Waals surface area contributed by atoms with E-state index in [1.165, 1.54) is 5.56 Å². The van der Waals surface area contributed by atoms with Crippen LogP contribution in [0.15, 0.2) is 24.3 Å². The van der Waals surface area contributed by atoms with Crippen molar-refractivity contribution in [2.75, 3.05) is 26.8 Å². The van der Waals surface area contributed by atoms with Gasteiger partial charge in [0, 0.05) is 37.3 Å². The molecule has 0 aliphatic heterocycles. The van der Waals surface area contributed by atoms with Crippen LogP contribution < -0.4 is 5.73 Å². The van der Waals surface area contributed by atoms with Gasteiger partial charge in [0.05, 0.1) is 6.61 Å². The molecule has 0 heterocycles. The molecule has 0 bridgehead atoms. The molecule has 1 aromatic rings. The van der Waals surface area contributed by atoms with Gasteiger partial charge in [-0.2, -0.15) is 0 Å². The minimum atomic E-state index is 0.206. The third kappa shape index (κ3) is 4.25. The summed E-state index contributed by atoms with van der Waals surface area (Å²) in [6, 6.07) is 8.54. The molecule has 0 saturated heterocycles. The second-order valence-corrected chi connectivity index (χ2v) is 5.06. The summed E-state index contributed by atoms with van der Waals surface area (Å²) in [6.07, 6.45) is 0. The number of nitrogens with zero attached hydrogens (tertiary/aromatic N) is 1. The molecule has 4 heteroatoms. The molecule has 18 heavy (non-hydrogen) atoms. The van der Waals surface area contributed by atoms with E-state index >= 15 is 0 Å². The van der Waals surface area contributed by atoms with Gasteiger partial charge in [-0.05, 0) is 31.5 Å². The molecular weight excluding hydrogens is 248 g/mol. The molecular formula is C14H23ClN2O. The van der Waals surface area contributed by atoms with Crippen LogP contribution in [-0.2, 0) is 4.74 Å². The molecule has 0 saturated carbocycles. The molecule has 0 fully saturated rings. The highest BCUT2D eigenvalue weighted by Gasteiger charge is 2.21. The molecule has 2 N–H and O–H groups in total. The molecule has 3 nitrogen and oxygen atoms in total. The second kappa shape index (κ2) is 7.74. The maximum Gasteiger partial charge on any atom is 0.0590 e. The largest absolute Gasteiger partial charge is 0.383 e. The highest BCUT2D eigenvalue weighted by molar-refractivity contribution is 6.30. The van der Waals surface area contributed by atoms with Crippen molar-refractivity contribution in [1.29, 1.82) is 0 Å². The third-order valence-electron chi connectivity index (χ3n) is 3.10. The van der Waals surface area contributed by atoms with E-state index in [1.807, 2.05) is 24.3 Å². The zero-order valence-electron chi connectivity index (χ0n) is 11.4. The fraction of sp³-hybridized carbons (Fsp3) is 0.571. The number of methoxy groups -OCH3 is 1. The van der Waals surface area contributed by atoms with Crippen LogP contribution in [-0.4, -0.2) is 37.7 Å². The Morgan fingerprint density at radius 2 is 1.89 bits per heavy atom. The van der Waals surface area contributed by atoms with Gasteiger partial charge in [0.25, 0.3) is 0 Å². The first-order valence-electron chi connectivity index (χ1n) is 6.30. The number of benzene rings is 1. The lowest BCUT2D eigenvalue weighted by Gasteiger charge is -2.34. The van der Waals surface area contributed by atoms with Crippen LogP contribution in [0.2, 0.25) is 5.02 Å². The van der Waals surface area contributed by atoms with Crippen molar-refractivity contribution in [2.24, 2.45) is 5.73 Å². The Labute approximate surface area is 115 Å². The summed E-state index contributed by atoms with van der Waals surface area (Å²) in [5, 5.41) is 0.752. The van der Waals surface area contributed by atoms with Crippen molar-refractivity contribution in [3.63, 3.8) is 0 Å². The van der Waals surface area contributed by atoms with E-state index in [9.17, 15) is 0 Å². The normalized spacial score (nSPS) is 13.3. The number of hydrogen-bond acceptors (Lipinski definition) is 3. The number of hydrogen-bond donors (Lipinski definition) is 1. The second-order valence-electron chi connectivity index (χ2n) is 4.63. The lowest BCUT2D eigenvalue weighted by atomic mass is 10.0. The van der Waals surface area contributed by atoms with E-state index in [0.29, 0.717) is 19.2 Å². The Morgan fingerprint density at radius 1 is 1.28 bits per heavy atom. The number of nitrogens with two attached hydrogens (primary N) is 1. The molecule has 1 aromatic carbocycles. The average Bonchev–Trinajstić information content (AvgIpc) is 2.35. The van der Waals surface area contributed by atoms with Crippen molar-refractivity contribution in [2.45, 2.75) is 25.9 Å². The summed E-state index contributed by atoms with van der Waals surface area (Å²) in [4.78, 5) is 2.35. The van der Waals surface area contributed by atoms with Crippen LogP contribution in [0.25, 0.3) is 0 Å². The summed E-state index contributed by atoms with van der Waals surface area (Å²) in [5.74, 6) is 0. The Kier molecular flexibility index (Phi) is 6.65. The zero-order chi connectivity index (χ0) is 13.5. The predicted octanol–water partition coefficient (Wildman–Crippen LogP) is 2.70. The molecule has 0 aliphatic carbocycles. The summed E-state index contributed by atoms with van der Waals surface area (Å²) < 4.78 is 5.17. The number of halogens is 1. The summed E-state index contributed by atoms with van der Waals surface area (Å²) in [5.41, 5.74) is 7.14. The van der Waals surface area contributed by atoms with E-state index in [0.717, 1.165) is 11.6 Å². The van der Waals surface area contributed by atoms with Crippen molar-refractivity contribution in [1.82, 2.24) is 4.90 Å². The molecule has 1 atom stereocenters. The average molecular weight is 271 g/mol. The maximum atomic E-state index is 5.94. The fourth-order valence-electron chi connectivity index (χ4n) is 2.12. The Balaban J connectivity index is 2.87. The molecule has 0 spiro atoms. The van der Waals surface area contributed by atoms with E-state index in [-0.39, 0.29) is 6.04 Å². The van der Waals surface area contributed by atoms with Gasteiger partial charge in [0.15, 0.2) is 0 Å². The molecule has 0 radical (unpaired) electrons. The molecule has 0 aromatic heterocycles.